The number of nitrogen functional groups attached to an aromatic ring is 1. The average molecular weight is 248 g/mol. The molecule has 1 saturated carbocycles. The molecular formula is C13H20N4O. The summed E-state index contributed by atoms with van der Waals surface area (Å²) in [5.41, 5.74) is 5.77. The van der Waals surface area contributed by atoms with Crippen molar-refractivity contribution in [1.82, 2.24) is 15.5 Å². The summed E-state index contributed by atoms with van der Waals surface area (Å²) in [6, 6.07) is 3.45. The molecule has 0 bridgehead atoms. The van der Waals surface area contributed by atoms with Crippen molar-refractivity contribution < 1.29 is 4.79 Å². The van der Waals surface area contributed by atoms with Gasteiger partial charge in [-0.15, -0.1) is 10.2 Å². The largest absolute Gasteiger partial charge is 0.382 e. The topological polar surface area (TPSA) is 80.9 Å². The highest BCUT2D eigenvalue weighted by Gasteiger charge is 2.32. The molecule has 98 valence electrons. The van der Waals surface area contributed by atoms with Gasteiger partial charge in [0.1, 0.15) is 5.82 Å². The molecule has 1 aliphatic carbocycles. The van der Waals surface area contributed by atoms with E-state index in [1.807, 2.05) is 0 Å². The van der Waals surface area contributed by atoms with Crippen molar-refractivity contribution in [3.8, 4) is 0 Å². The van der Waals surface area contributed by atoms with Gasteiger partial charge in [0.2, 0.25) is 0 Å². The van der Waals surface area contributed by atoms with E-state index in [9.17, 15) is 4.79 Å². The van der Waals surface area contributed by atoms with Crippen molar-refractivity contribution in [3.63, 3.8) is 0 Å². The van der Waals surface area contributed by atoms with Crippen LogP contribution >= 0.6 is 0 Å². The molecule has 1 fully saturated rings. The van der Waals surface area contributed by atoms with Crippen molar-refractivity contribution in [3.05, 3.63) is 17.8 Å². The van der Waals surface area contributed by atoms with Crippen LogP contribution in [0.15, 0.2) is 12.1 Å². The summed E-state index contributed by atoms with van der Waals surface area (Å²) in [5, 5.41) is 10.5. The lowest BCUT2D eigenvalue weighted by atomic mass is 9.93. The Morgan fingerprint density at radius 3 is 2.78 bits per heavy atom. The van der Waals surface area contributed by atoms with Crippen LogP contribution in [0.1, 0.15) is 43.6 Å². The van der Waals surface area contributed by atoms with Gasteiger partial charge in [0.15, 0.2) is 5.69 Å². The lowest BCUT2D eigenvalue weighted by molar-refractivity contribution is 0.0920. The average Bonchev–Trinajstić information content (AvgIpc) is 2.71. The number of rotatable bonds is 3. The minimum Gasteiger partial charge on any atom is -0.382 e. The zero-order valence-corrected chi connectivity index (χ0v) is 10.9. The second-order valence-electron chi connectivity index (χ2n) is 5.03. The zero-order chi connectivity index (χ0) is 13.1. The van der Waals surface area contributed by atoms with Gasteiger partial charge in [0.25, 0.3) is 5.91 Å². The predicted octanol–water partition coefficient (Wildman–Crippen LogP) is 1.61. The molecule has 0 spiro atoms. The molecule has 0 aromatic carbocycles. The molecule has 0 radical (unpaired) electrons. The Hall–Kier alpha value is -1.65. The maximum Gasteiger partial charge on any atom is 0.272 e. The molecule has 5 heteroatoms. The van der Waals surface area contributed by atoms with E-state index in [0.717, 1.165) is 6.42 Å². The first-order chi connectivity index (χ1) is 8.61. The Bertz CT molecular complexity index is 418. The normalized spacial score (nSPS) is 27.1. The molecule has 3 atom stereocenters. The highest BCUT2D eigenvalue weighted by atomic mass is 16.2. The van der Waals surface area contributed by atoms with Crippen LogP contribution in [0.5, 0.6) is 0 Å². The number of nitrogens with zero attached hydrogens (tertiary/aromatic N) is 2. The first-order valence-electron chi connectivity index (χ1n) is 6.52. The van der Waals surface area contributed by atoms with Crippen LogP contribution in [0, 0.1) is 11.8 Å². The number of aromatic nitrogens is 2. The van der Waals surface area contributed by atoms with E-state index in [-0.39, 0.29) is 11.9 Å². The van der Waals surface area contributed by atoms with Gasteiger partial charge >= 0.3 is 0 Å². The fraction of sp³-hybridized carbons (Fsp3) is 0.615. The standard InChI is InChI=1S/C13H20N4O/c1-3-9-4-5-10(8(9)2)15-13(18)11-6-7-12(14)17-16-11/h6-10H,3-5H2,1-2H3,(H2,14,17)(H,15,18). The molecule has 18 heavy (non-hydrogen) atoms. The number of amides is 1. The van der Waals surface area contributed by atoms with E-state index in [1.54, 1.807) is 12.1 Å². The SMILES string of the molecule is CCC1CCC(NC(=O)c2ccc(N)nn2)C1C. The van der Waals surface area contributed by atoms with Gasteiger partial charge < -0.3 is 11.1 Å². The van der Waals surface area contributed by atoms with E-state index in [1.165, 1.54) is 12.8 Å². The van der Waals surface area contributed by atoms with Crippen LogP contribution in [0.3, 0.4) is 0 Å². The Morgan fingerprint density at radius 1 is 1.44 bits per heavy atom. The minimum atomic E-state index is -0.156. The fourth-order valence-corrected chi connectivity index (χ4v) is 2.73. The molecule has 0 aliphatic heterocycles. The van der Waals surface area contributed by atoms with Gasteiger partial charge in [-0.1, -0.05) is 20.3 Å². The number of carbonyl (C=O) groups excluding carboxylic acids is 1. The van der Waals surface area contributed by atoms with E-state index in [2.05, 4.69) is 29.4 Å². The van der Waals surface area contributed by atoms with Crippen molar-refractivity contribution >= 4 is 11.7 Å². The van der Waals surface area contributed by atoms with Gasteiger partial charge in [0, 0.05) is 6.04 Å². The molecule has 5 nitrogen and oxygen atoms in total. The molecule has 3 N–H and O–H groups in total. The van der Waals surface area contributed by atoms with Crippen LogP contribution in [-0.4, -0.2) is 22.1 Å². The number of hydrogen-bond donors (Lipinski definition) is 2. The highest BCUT2D eigenvalue weighted by molar-refractivity contribution is 5.92. The van der Waals surface area contributed by atoms with E-state index in [0.29, 0.717) is 23.3 Å². The number of nitrogens with one attached hydrogen (secondary N) is 1. The molecule has 1 aromatic heterocycles. The van der Waals surface area contributed by atoms with Crippen LogP contribution < -0.4 is 11.1 Å². The second kappa shape index (κ2) is 5.33. The Kier molecular flexibility index (Phi) is 3.79. The minimum absolute atomic E-state index is 0.156. The number of carbonyl (C=O) groups is 1. The van der Waals surface area contributed by atoms with Gasteiger partial charge in [-0.2, -0.15) is 0 Å². The molecular weight excluding hydrogens is 228 g/mol. The Morgan fingerprint density at radius 2 is 2.22 bits per heavy atom. The van der Waals surface area contributed by atoms with Crippen LogP contribution in [0.25, 0.3) is 0 Å². The summed E-state index contributed by atoms with van der Waals surface area (Å²) in [6.45, 7) is 4.41. The third-order valence-electron chi connectivity index (χ3n) is 3.99. The summed E-state index contributed by atoms with van der Waals surface area (Å²) < 4.78 is 0. The Balaban J connectivity index is 1.98. The maximum atomic E-state index is 12.0. The van der Waals surface area contributed by atoms with E-state index in [4.69, 9.17) is 5.73 Å². The second-order valence-corrected chi connectivity index (χ2v) is 5.03. The molecule has 1 aromatic rings. The summed E-state index contributed by atoms with van der Waals surface area (Å²) in [4.78, 5) is 12.0. The monoisotopic (exact) mass is 248 g/mol. The lowest BCUT2D eigenvalue weighted by Gasteiger charge is -2.20. The van der Waals surface area contributed by atoms with Crippen LogP contribution in [0.2, 0.25) is 0 Å². The summed E-state index contributed by atoms with van der Waals surface area (Å²) in [5.74, 6) is 1.41. The molecule has 1 amide bonds. The highest BCUT2D eigenvalue weighted by Crippen LogP contribution is 2.33. The van der Waals surface area contributed by atoms with Crippen molar-refractivity contribution in [1.29, 1.82) is 0 Å². The summed E-state index contributed by atoms with van der Waals surface area (Å²) in [6.07, 6.45) is 3.42. The van der Waals surface area contributed by atoms with Gasteiger partial charge in [-0.05, 0) is 36.8 Å². The predicted molar refractivity (Wildman–Crippen MR) is 69.9 cm³/mol. The summed E-state index contributed by atoms with van der Waals surface area (Å²) >= 11 is 0. The van der Waals surface area contributed by atoms with Gasteiger partial charge in [0.05, 0.1) is 0 Å². The first-order valence-corrected chi connectivity index (χ1v) is 6.52. The zero-order valence-electron chi connectivity index (χ0n) is 10.9. The van der Waals surface area contributed by atoms with E-state index >= 15 is 0 Å². The molecule has 3 unspecified atom stereocenters. The van der Waals surface area contributed by atoms with Gasteiger partial charge in [-0.25, -0.2) is 0 Å². The van der Waals surface area contributed by atoms with Crippen molar-refractivity contribution in [2.24, 2.45) is 11.8 Å². The van der Waals surface area contributed by atoms with E-state index < -0.39 is 0 Å². The number of anilines is 1. The molecule has 1 aliphatic rings. The van der Waals surface area contributed by atoms with Gasteiger partial charge in [-0.3, -0.25) is 4.79 Å². The smallest absolute Gasteiger partial charge is 0.272 e. The lowest BCUT2D eigenvalue weighted by Crippen LogP contribution is -2.38. The molecule has 0 saturated heterocycles. The van der Waals surface area contributed by atoms with Crippen LogP contribution in [-0.2, 0) is 0 Å². The number of hydrogen-bond acceptors (Lipinski definition) is 4. The van der Waals surface area contributed by atoms with Crippen LogP contribution in [0.4, 0.5) is 5.82 Å². The quantitative estimate of drug-likeness (QED) is 0.851. The first kappa shape index (κ1) is 12.8. The maximum absolute atomic E-state index is 12.0. The van der Waals surface area contributed by atoms with Crippen molar-refractivity contribution in [2.75, 3.05) is 5.73 Å². The number of nitrogens with two attached hydrogens (primary N) is 1. The molecule has 2 rings (SSSR count). The molecule has 1 heterocycles. The fourth-order valence-electron chi connectivity index (χ4n) is 2.73. The third kappa shape index (κ3) is 2.60. The Labute approximate surface area is 107 Å². The third-order valence-corrected chi connectivity index (χ3v) is 3.99. The summed E-state index contributed by atoms with van der Waals surface area (Å²) in [7, 11) is 0. The van der Waals surface area contributed by atoms with Crippen molar-refractivity contribution in [2.45, 2.75) is 39.2 Å².